The summed E-state index contributed by atoms with van der Waals surface area (Å²) in [4.78, 5) is 43.7. The summed E-state index contributed by atoms with van der Waals surface area (Å²) < 4.78 is 0. The molecule has 1 fully saturated rings. The molecule has 0 atom stereocenters. The predicted molar refractivity (Wildman–Crippen MR) is 88.2 cm³/mol. The number of nitrogens with one attached hydrogen (secondary N) is 3. The predicted octanol–water partition coefficient (Wildman–Crippen LogP) is 0.801. The van der Waals surface area contributed by atoms with E-state index in [1.54, 1.807) is 12.1 Å². The van der Waals surface area contributed by atoms with Gasteiger partial charge in [-0.2, -0.15) is 0 Å². The lowest BCUT2D eigenvalue weighted by atomic mass is 10.2. The van der Waals surface area contributed by atoms with Crippen molar-refractivity contribution in [2.75, 3.05) is 29.9 Å². The topological polar surface area (TPSA) is 107 Å². The minimum atomic E-state index is -0.352. The van der Waals surface area contributed by atoms with Gasteiger partial charge in [0.25, 0.3) is 5.91 Å². The van der Waals surface area contributed by atoms with Crippen molar-refractivity contribution in [1.29, 1.82) is 0 Å². The zero-order chi connectivity index (χ0) is 17.1. The van der Waals surface area contributed by atoms with Gasteiger partial charge in [-0.3, -0.25) is 14.4 Å². The lowest BCUT2D eigenvalue weighted by Crippen LogP contribution is -2.48. The smallest absolute Gasteiger partial charge is 0.272 e. The molecular formula is C16H17N5O3. The van der Waals surface area contributed by atoms with Gasteiger partial charge in [0.15, 0.2) is 5.78 Å². The van der Waals surface area contributed by atoms with Crippen LogP contribution in [-0.2, 0) is 4.79 Å². The first-order valence-electron chi connectivity index (χ1n) is 7.51. The van der Waals surface area contributed by atoms with E-state index in [1.165, 1.54) is 25.4 Å². The Morgan fingerprint density at radius 3 is 2.79 bits per heavy atom. The van der Waals surface area contributed by atoms with Crippen LogP contribution < -0.4 is 15.5 Å². The summed E-state index contributed by atoms with van der Waals surface area (Å²) in [7, 11) is 0. The number of anilines is 2. The average molecular weight is 327 g/mol. The molecule has 1 saturated heterocycles. The number of carbonyl (C=O) groups is 3. The molecule has 2 amide bonds. The fourth-order valence-electron chi connectivity index (χ4n) is 2.41. The van der Waals surface area contributed by atoms with Crippen molar-refractivity contribution < 1.29 is 14.4 Å². The largest absolute Gasteiger partial charge is 0.356 e. The summed E-state index contributed by atoms with van der Waals surface area (Å²) >= 11 is 0. The summed E-state index contributed by atoms with van der Waals surface area (Å²) in [5, 5.41) is 5.46. The molecule has 124 valence electrons. The van der Waals surface area contributed by atoms with Crippen molar-refractivity contribution in [2.45, 2.75) is 6.92 Å². The van der Waals surface area contributed by atoms with Gasteiger partial charge in [-0.15, -0.1) is 0 Å². The van der Waals surface area contributed by atoms with Gasteiger partial charge >= 0.3 is 0 Å². The number of aromatic nitrogens is 2. The maximum atomic E-state index is 12.1. The van der Waals surface area contributed by atoms with Crippen LogP contribution in [0.5, 0.6) is 0 Å². The van der Waals surface area contributed by atoms with Gasteiger partial charge in [0.1, 0.15) is 11.5 Å². The van der Waals surface area contributed by atoms with Gasteiger partial charge < -0.3 is 20.5 Å². The molecule has 3 N–H and O–H groups in total. The Morgan fingerprint density at radius 1 is 1.33 bits per heavy atom. The molecule has 3 rings (SSSR count). The van der Waals surface area contributed by atoms with E-state index in [0.717, 1.165) is 0 Å². The van der Waals surface area contributed by atoms with Crippen molar-refractivity contribution in [3.63, 3.8) is 0 Å². The number of nitrogens with zero attached hydrogens (tertiary/aromatic N) is 2. The molecule has 3 heterocycles. The Labute approximate surface area is 138 Å². The van der Waals surface area contributed by atoms with Crippen LogP contribution in [0.4, 0.5) is 11.5 Å². The van der Waals surface area contributed by atoms with Crippen molar-refractivity contribution in [3.8, 4) is 0 Å². The Morgan fingerprint density at radius 2 is 2.17 bits per heavy atom. The second-order valence-corrected chi connectivity index (χ2v) is 5.49. The van der Waals surface area contributed by atoms with E-state index < -0.39 is 0 Å². The van der Waals surface area contributed by atoms with Crippen molar-refractivity contribution >= 4 is 29.1 Å². The molecule has 2 aromatic rings. The molecule has 0 unspecified atom stereocenters. The first kappa shape index (κ1) is 15.7. The van der Waals surface area contributed by atoms with Gasteiger partial charge in [-0.1, -0.05) is 0 Å². The van der Waals surface area contributed by atoms with E-state index in [0.29, 0.717) is 35.9 Å². The monoisotopic (exact) mass is 327 g/mol. The van der Waals surface area contributed by atoms with Crippen LogP contribution >= 0.6 is 0 Å². The van der Waals surface area contributed by atoms with E-state index in [2.05, 4.69) is 20.6 Å². The summed E-state index contributed by atoms with van der Waals surface area (Å²) in [6.45, 7) is 2.99. The fourth-order valence-corrected chi connectivity index (χ4v) is 2.41. The summed E-state index contributed by atoms with van der Waals surface area (Å²) in [5.74, 6) is 0.186. The normalized spacial score (nSPS) is 14.2. The molecule has 0 aliphatic carbocycles. The number of aromatic amines is 1. The van der Waals surface area contributed by atoms with Crippen LogP contribution in [-0.4, -0.2) is 47.2 Å². The van der Waals surface area contributed by atoms with Gasteiger partial charge in [0.2, 0.25) is 5.91 Å². The van der Waals surface area contributed by atoms with Gasteiger partial charge in [0.05, 0.1) is 18.4 Å². The summed E-state index contributed by atoms with van der Waals surface area (Å²) in [6.07, 6.45) is 3.04. The molecule has 0 aromatic carbocycles. The van der Waals surface area contributed by atoms with Gasteiger partial charge in [-0.05, 0) is 25.1 Å². The second-order valence-electron chi connectivity index (χ2n) is 5.49. The number of H-pyrrole nitrogens is 1. The number of ketones is 1. The van der Waals surface area contributed by atoms with E-state index in [9.17, 15) is 14.4 Å². The first-order valence-corrected chi connectivity index (χ1v) is 7.51. The SMILES string of the molecule is CC(=O)c1c[nH]c(C(=O)Nc2ccc(N3CCNC(=O)C3)nc2)c1. The fraction of sp³-hybridized carbons (Fsp3) is 0.250. The third kappa shape index (κ3) is 3.43. The number of rotatable bonds is 4. The van der Waals surface area contributed by atoms with E-state index in [-0.39, 0.29) is 24.1 Å². The third-order valence-corrected chi connectivity index (χ3v) is 3.70. The third-order valence-electron chi connectivity index (χ3n) is 3.70. The van der Waals surface area contributed by atoms with Crippen LogP contribution in [0.15, 0.2) is 30.6 Å². The Kier molecular flexibility index (Phi) is 4.28. The highest BCUT2D eigenvalue weighted by molar-refractivity contribution is 6.05. The molecule has 0 radical (unpaired) electrons. The minimum Gasteiger partial charge on any atom is -0.356 e. The molecule has 0 spiro atoms. The van der Waals surface area contributed by atoms with Crippen molar-refractivity contribution in [3.05, 3.63) is 41.9 Å². The number of amides is 2. The highest BCUT2D eigenvalue weighted by Gasteiger charge is 2.17. The maximum Gasteiger partial charge on any atom is 0.272 e. The zero-order valence-electron chi connectivity index (χ0n) is 13.1. The van der Waals surface area contributed by atoms with Gasteiger partial charge in [0, 0.05) is 24.8 Å². The molecule has 0 bridgehead atoms. The van der Waals surface area contributed by atoms with E-state index in [1.807, 2.05) is 4.90 Å². The lowest BCUT2D eigenvalue weighted by Gasteiger charge is -2.27. The molecule has 0 saturated carbocycles. The molecule has 2 aromatic heterocycles. The van der Waals surface area contributed by atoms with Gasteiger partial charge in [-0.25, -0.2) is 4.98 Å². The van der Waals surface area contributed by atoms with Crippen molar-refractivity contribution in [1.82, 2.24) is 15.3 Å². The molecule has 8 nitrogen and oxygen atoms in total. The number of hydrogen-bond acceptors (Lipinski definition) is 5. The molecule has 8 heteroatoms. The molecule has 1 aliphatic rings. The van der Waals surface area contributed by atoms with Crippen LogP contribution in [0.1, 0.15) is 27.8 Å². The highest BCUT2D eigenvalue weighted by atomic mass is 16.2. The summed E-state index contributed by atoms with van der Waals surface area (Å²) in [5.41, 5.74) is 1.29. The van der Waals surface area contributed by atoms with Crippen LogP contribution in [0, 0.1) is 0 Å². The maximum absolute atomic E-state index is 12.1. The Balaban J connectivity index is 1.66. The summed E-state index contributed by atoms with van der Waals surface area (Å²) in [6, 6.07) is 4.98. The molecular weight excluding hydrogens is 310 g/mol. The lowest BCUT2D eigenvalue weighted by molar-refractivity contribution is -0.120. The van der Waals surface area contributed by atoms with Crippen LogP contribution in [0.3, 0.4) is 0 Å². The molecule has 24 heavy (non-hydrogen) atoms. The Hall–Kier alpha value is -3.16. The highest BCUT2D eigenvalue weighted by Crippen LogP contribution is 2.16. The standard InChI is InChI=1S/C16H17N5O3/c1-10(22)11-6-13(18-7-11)16(24)20-12-2-3-14(19-8-12)21-5-4-17-15(23)9-21/h2-3,6-8,18H,4-5,9H2,1H3,(H,17,23)(H,20,24). The number of hydrogen-bond donors (Lipinski definition) is 3. The average Bonchev–Trinajstić information content (AvgIpc) is 3.06. The zero-order valence-corrected chi connectivity index (χ0v) is 13.1. The second kappa shape index (κ2) is 6.53. The van der Waals surface area contributed by atoms with E-state index in [4.69, 9.17) is 0 Å². The minimum absolute atomic E-state index is 0.0338. The molecule has 1 aliphatic heterocycles. The van der Waals surface area contributed by atoms with Crippen LogP contribution in [0.2, 0.25) is 0 Å². The first-order chi connectivity index (χ1) is 11.5. The number of piperazine rings is 1. The number of Topliss-reactive ketones (excluding diaryl/α,β-unsaturated/α-hetero) is 1. The van der Waals surface area contributed by atoms with Crippen molar-refractivity contribution in [2.24, 2.45) is 0 Å². The van der Waals surface area contributed by atoms with Crippen LogP contribution in [0.25, 0.3) is 0 Å². The van der Waals surface area contributed by atoms with E-state index >= 15 is 0 Å². The number of carbonyl (C=O) groups excluding carboxylic acids is 3. The Bertz CT molecular complexity index is 781. The number of pyridine rings is 1. The quantitative estimate of drug-likeness (QED) is 0.720.